The van der Waals surface area contributed by atoms with E-state index in [0.29, 0.717) is 18.4 Å². The number of alkyl halides is 3. The number of nitrogens with one attached hydrogen (secondary N) is 1. The fraction of sp³-hybridized carbons (Fsp3) is 0.533. The molecule has 9 heteroatoms. The van der Waals surface area contributed by atoms with Crippen LogP contribution in [0.1, 0.15) is 18.5 Å². The molecule has 0 bridgehead atoms. The van der Waals surface area contributed by atoms with Crippen LogP contribution >= 0.6 is 0 Å². The van der Waals surface area contributed by atoms with Crippen LogP contribution in [-0.4, -0.2) is 49.6 Å². The van der Waals surface area contributed by atoms with Gasteiger partial charge < -0.3 is 25.0 Å². The van der Waals surface area contributed by atoms with Crippen LogP contribution in [0, 0.1) is 5.92 Å². The molecule has 0 amide bonds. The molecule has 4 N–H and O–H groups in total. The van der Waals surface area contributed by atoms with Gasteiger partial charge in [-0.05, 0) is 25.0 Å². The summed E-state index contributed by atoms with van der Waals surface area (Å²) in [5.74, 6) is -0.450. The molecule has 6 nitrogen and oxygen atoms in total. The van der Waals surface area contributed by atoms with Crippen LogP contribution in [0.2, 0.25) is 0 Å². The first kappa shape index (κ1) is 17.0. The number of fused-ring (bicyclic) bond motifs is 1. The third-order valence-electron chi connectivity index (χ3n) is 4.46. The van der Waals surface area contributed by atoms with Crippen molar-refractivity contribution in [3.63, 3.8) is 0 Å². The summed E-state index contributed by atoms with van der Waals surface area (Å²) in [4.78, 5) is 3.64. The van der Waals surface area contributed by atoms with E-state index in [0.717, 1.165) is 6.20 Å². The van der Waals surface area contributed by atoms with Crippen molar-refractivity contribution in [1.29, 1.82) is 0 Å². The molecule has 1 fully saturated rings. The van der Waals surface area contributed by atoms with E-state index in [4.69, 9.17) is 5.11 Å². The van der Waals surface area contributed by atoms with Crippen LogP contribution < -0.4 is 5.32 Å². The zero-order valence-corrected chi connectivity index (χ0v) is 12.6. The molecule has 4 atom stereocenters. The number of nitrogens with zero attached hydrogens (tertiary/aromatic N) is 2. The standard InChI is InChI=1S/C15H18F3N3O3/c16-15(17,18)11-6-21-5-1-2-10(21)14(20-11)19-9-4-3-8(7-22)12(23)13(9)24/h1-2,5-6,8-9,12-13,22-24H,3-4,7H2,(H,19,20)/t8-,9?,12+,13?/m1/s1. The second kappa shape index (κ2) is 6.23. The molecule has 0 aromatic carbocycles. The monoisotopic (exact) mass is 345 g/mol. The molecule has 24 heavy (non-hydrogen) atoms. The highest BCUT2D eigenvalue weighted by molar-refractivity contribution is 5.68. The Labute approximate surface area is 135 Å². The van der Waals surface area contributed by atoms with E-state index >= 15 is 0 Å². The first-order valence-electron chi connectivity index (χ1n) is 7.59. The molecule has 0 spiro atoms. The van der Waals surface area contributed by atoms with E-state index < -0.39 is 36.0 Å². The van der Waals surface area contributed by atoms with Gasteiger partial charge in [-0.1, -0.05) is 0 Å². The smallest absolute Gasteiger partial charge is 0.396 e. The lowest BCUT2D eigenvalue weighted by Gasteiger charge is -2.37. The van der Waals surface area contributed by atoms with E-state index in [1.165, 1.54) is 10.6 Å². The van der Waals surface area contributed by atoms with Gasteiger partial charge in [-0.25, -0.2) is 4.98 Å². The van der Waals surface area contributed by atoms with Crippen LogP contribution in [0.5, 0.6) is 0 Å². The Bertz CT molecular complexity index is 719. The van der Waals surface area contributed by atoms with Crippen molar-refractivity contribution < 1.29 is 28.5 Å². The summed E-state index contributed by atoms with van der Waals surface area (Å²) >= 11 is 0. The first-order chi connectivity index (χ1) is 11.3. The molecule has 2 aromatic rings. The quantitative estimate of drug-likeness (QED) is 0.672. The Morgan fingerprint density at radius 1 is 1.25 bits per heavy atom. The maximum atomic E-state index is 13.0. The fourth-order valence-corrected chi connectivity index (χ4v) is 3.07. The number of aromatic nitrogens is 2. The summed E-state index contributed by atoms with van der Waals surface area (Å²) in [5.41, 5.74) is -0.609. The van der Waals surface area contributed by atoms with E-state index in [1.807, 2.05) is 0 Å². The van der Waals surface area contributed by atoms with Gasteiger partial charge in [-0.2, -0.15) is 13.2 Å². The van der Waals surface area contributed by atoms with Gasteiger partial charge in [-0.3, -0.25) is 0 Å². The van der Waals surface area contributed by atoms with Gasteiger partial charge in [-0.15, -0.1) is 0 Å². The lowest BCUT2D eigenvalue weighted by atomic mass is 9.82. The Hall–Kier alpha value is -1.84. The minimum absolute atomic E-state index is 0.00600. The molecule has 3 rings (SSSR count). The number of rotatable bonds is 3. The van der Waals surface area contributed by atoms with Crippen molar-refractivity contribution in [3.05, 3.63) is 30.2 Å². The molecule has 1 aliphatic carbocycles. The van der Waals surface area contributed by atoms with Crippen molar-refractivity contribution in [2.75, 3.05) is 11.9 Å². The van der Waals surface area contributed by atoms with Crippen LogP contribution in [0.3, 0.4) is 0 Å². The number of hydrogen-bond acceptors (Lipinski definition) is 5. The summed E-state index contributed by atoms with van der Waals surface area (Å²) in [6.07, 6.45) is -3.73. The van der Waals surface area contributed by atoms with Gasteiger partial charge in [0, 0.05) is 24.9 Å². The minimum Gasteiger partial charge on any atom is -0.396 e. The normalized spacial score (nSPS) is 28.2. The van der Waals surface area contributed by atoms with Gasteiger partial charge >= 0.3 is 6.18 Å². The zero-order chi connectivity index (χ0) is 17.5. The number of anilines is 1. The van der Waals surface area contributed by atoms with Crippen molar-refractivity contribution in [2.45, 2.75) is 37.3 Å². The molecule has 132 valence electrons. The van der Waals surface area contributed by atoms with Crippen LogP contribution in [-0.2, 0) is 6.18 Å². The second-order valence-electron chi connectivity index (χ2n) is 6.03. The molecule has 2 heterocycles. The Balaban J connectivity index is 1.91. The highest BCUT2D eigenvalue weighted by Crippen LogP contribution is 2.32. The number of aliphatic hydroxyl groups is 3. The maximum Gasteiger partial charge on any atom is 0.434 e. The van der Waals surface area contributed by atoms with Crippen molar-refractivity contribution in [3.8, 4) is 0 Å². The van der Waals surface area contributed by atoms with Crippen LogP contribution in [0.15, 0.2) is 24.5 Å². The predicted octanol–water partition coefficient (Wildman–Crippen LogP) is 1.26. The van der Waals surface area contributed by atoms with Gasteiger partial charge in [0.05, 0.1) is 17.7 Å². The highest BCUT2D eigenvalue weighted by Gasteiger charge is 2.38. The molecular weight excluding hydrogens is 327 g/mol. The van der Waals surface area contributed by atoms with Crippen LogP contribution in [0.4, 0.5) is 19.0 Å². The fourth-order valence-electron chi connectivity index (χ4n) is 3.07. The Kier molecular flexibility index (Phi) is 4.41. The average Bonchev–Trinajstić information content (AvgIpc) is 3.00. The zero-order valence-electron chi connectivity index (χ0n) is 12.6. The summed E-state index contributed by atoms with van der Waals surface area (Å²) in [7, 11) is 0. The number of halogens is 3. The average molecular weight is 345 g/mol. The lowest BCUT2D eigenvalue weighted by Crippen LogP contribution is -2.50. The number of hydrogen-bond donors (Lipinski definition) is 4. The van der Waals surface area contributed by atoms with Gasteiger partial charge in [0.15, 0.2) is 11.5 Å². The van der Waals surface area contributed by atoms with E-state index in [-0.39, 0.29) is 12.4 Å². The Morgan fingerprint density at radius 2 is 2.00 bits per heavy atom. The van der Waals surface area contributed by atoms with Crippen molar-refractivity contribution in [1.82, 2.24) is 9.38 Å². The topological polar surface area (TPSA) is 90.0 Å². The maximum absolute atomic E-state index is 13.0. The lowest BCUT2D eigenvalue weighted by molar-refractivity contribution is -0.141. The molecule has 0 saturated heterocycles. The van der Waals surface area contributed by atoms with E-state index in [2.05, 4.69) is 10.3 Å². The molecule has 1 aliphatic rings. The molecule has 1 saturated carbocycles. The summed E-state index contributed by atoms with van der Waals surface area (Å²) in [5, 5.41) is 32.1. The molecular formula is C15H18F3N3O3. The van der Waals surface area contributed by atoms with Gasteiger partial charge in [0.1, 0.15) is 6.10 Å². The highest BCUT2D eigenvalue weighted by atomic mass is 19.4. The van der Waals surface area contributed by atoms with Gasteiger partial charge in [0.25, 0.3) is 0 Å². The van der Waals surface area contributed by atoms with Gasteiger partial charge in [0.2, 0.25) is 0 Å². The molecule has 0 radical (unpaired) electrons. The predicted molar refractivity (Wildman–Crippen MR) is 79.4 cm³/mol. The molecule has 0 aliphatic heterocycles. The van der Waals surface area contributed by atoms with Crippen molar-refractivity contribution >= 4 is 11.3 Å². The van der Waals surface area contributed by atoms with E-state index in [1.54, 1.807) is 12.1 Å². The van der Waals surface area contributed by atoms with Crippen LogP contribution in [0.25, 0.3) is 5.52 Å². The van der Waals surface area contributed by atoms with E-state index in [9.17, 15) is 23.4 Å². The third kappa shape index (κ3) is 3.06. The largest absolute Gasteiger partial charge is 0.434 e. The third-order valence-corrected chi connectivity index (χ3v) is 4.46. The summed E-state index contributed by atoms with van der Waals surface area (Å²) < 4.78 is 40.3. The molecule has 2 unspecified atom stereocenters. The molecule has 2 aromatic heterocycles. The van der Waals surface area contributed by atoms with Crippen molar-refractivity contribution in [2.24, 2.45) is 5.92 Å². The summed E-state index contributed by atoms with van der Waals surface area (Å²) in [6, 6.07) is 2.55. The SMILES string of the molecule is OC[C@H]1CCC(Nc2nc(C(F)(F)F)cn3cccc23)C(O)[C@H]1O. The first-order valence-corrected chi connectivity index (χ1v) is 7.59. The Morgan fingerprint density at radius 3 is 2.67 bits per heavy atom. The number of aliphatic hydroxyl groups excluding tert-OH is 3. The minimum atomic E-state index is -4.60. The second-order valence-corrected chi connectivity index (χ2v) is 6.03. The summed E-state index contributed by atoms with van der Waals surface area (Å²) in [6.45, 7) is -0.254.